The lowest BCUT2D eigenvalue weighted by Crippen LogP contribution is -2.30. The highest BCUT2D eigenvalue weighted by molar-refractivity contribution is 6.30. The fourth-order valence-electron chi connectivity index (χ4n) is 3.55. The van der Waals surface area contributed by atoms with Crippen LogP contribution in [0.4, 0.5) is 10.1 Å². The summed E-state index contributed by atoms with van der Waals surface area (Å²) in [6, 6.07) is 11.5. The van der Waals surface area contributed by atoms with Crippen LogP contribution < -0.4 is 5.32 Å². The molecule has 28 heavy (non-hydrogen) atoms. The first-order chi connectivity index (χ1) is 13.5. The molecule has 0 spiro atoms. The Morgan fingerprint density at radius 3 is 2.82 bits per heavy atom. The molecule has 5 nitrogen and oxygen atoms in total. The van der Waals surface area contributed by atoms with Crippen molar-refractivity contribution in [2.45, 2.75) is 12.8 Å². The summed E-state index contributed by atoms with van der Waals surface area (Å²) >= 11 is 5.85. The van der Waals surface area contributed by atoms with Crippen molar-refractivity contribution in [3.63, 3.8) is 0 Å². The Bertz CT molecular complexity index is 1030. The predicted molar refractivity (Wildman–Crippen MR) is 107 cm³/mol. The zero-order valence-electron chi connectivity index (χ0n) is 15.0. The van der Waals surface area contributed by atoms with Crippen LogP contribution >= 0.6 is 11.6 Å². The normalized spacial score (nSPS) is 16.7. The summed E-state index contributed by atoms with van der Waals surface area (Å²) in [6.07, 6.45) is 2.64. The minimum atomic E-state index is -0.386. The van der Waals surface area contributed by atoms with Gasteiger partial charge in [-0.15, -0.1) is 0 Å². The number of H-pyrrole nitrogens is 1. The van der Waals surface area contributed by atoms with Crippen LogP contribution in [0.15, 0.2) is 48.7 Å². The number of halogens is 2. The fourth-order valence-corrected chi connectivity index (χ4v) is 3.68. The van der Waals surface area contributed by atoms with Gasteiger partial charge >= 0.3 is 0 Å². The van der Waals surface area contributed by atoms with Crippen molar-refractivity contribution >= 4 is 40.0 Å². The molecule has 1 saturated heterocycles. The lowest BCUT2D eigenvalue weighted by atomic mass is 10.1. The van der Waals surface area contributed by atoms with Gasteiger partial charge in [-0.1, -0.05) is 11.6 Å². The maximum Gasteiger partial charge on any atom is 0.229 e. The summed E-state index contributed by atoms with van der Waals surface area (Å²) in [5.41, 5.74) is 2.47. The summed E-state index contributed by atoms with van der Waals surface area (Å²) in [6.45, 7) is 0.877. The molecule has 2 heterocycles. The minimum Gasteiger partial charge on any atom is -0.361 e. The molecule has 2 N–H and O–H groups in total. The van der Waals surface area contributed by atoms with Crippen LogP contribution in [0.25, 0.3) is 10.9 Å². The number of benzene rings is 2. The number of rotatable bonds is 5. The van der Waals surface area contributed by atoms with E-state index >= 15 is 0 Å². The molecule has 3 aromatic rings. The van der Waals surface area contributed by atoms with Crippen molar-refractivity contribution in [2.24, 2.45) is 5.92 Å². The van der Waals surface area contributed by atoms with E-state index in [2.05, 4.69) is 10.3 Å². The summed E-state index contributed by atoms with van der Waals surface area (Å²) in [5, 5.41) is 4.25. The second-order valence-corrected chi connectivity index (χ2v) is 7.43. The van der Waals surface area contributed by atoms with E-state index in [4.69, 9.17) is 11.6 Å². The third kappa shape index (κ3) is 3.87. The van der Waals surface area contributed by atoms with E-state index in [-0.39, 0.29) is 30.0 Å². The number of likely N-dealkylation sites (tertiary alicyclic amines) is 1. The summed E-state index contributed by atoms with van der Waals surface area (Å²) in [5.74, 6) is -0.886. The molecular formula is C21H19ClFN3O2. The highest BCUT2D eigenvalue weighted by Crippen LogP contribution is 2.23. The van der Waals surface area contributed by atoms with E-state index in [0.29, 0.717) is 30.2 Å². The lowest BCUT2D eigenvalue weighted by molar-refractivity contribution is -0.128. The van der Waals surface area contributed by atoms with E-state index in [1.807, 2.05) is 6.20 Å². The number of nitrogens with zero attached hydrogens (tertiary/aromatic N) is 1. The Morgan fingerprint density at radius 1 is 1.25 bits per heavy atom. The van der Waals surface area contributed by atoms with Gasteiger partial charge in [0.25, 0.3) is 0 Å². The second kappa shape index (κ2) is 7.64. The van der Waals surface area contributed by atoms with Gasteiger partial charge in [0.15, 0.2) is 0 Å². The van der Waals surface area contributed by atoms with Gasteiger partial charge in [0.2, 0.25) is 11.8 Å². The molecule has 1 aliphatic rings. The first kappa shape index (κ1) is 18.5. The number of amides is 2. The van der Waals surface area contributed by atoms with Crippen LogP contribution in [0.3, 0.4) is 0 Å². The molecule has 1 fully saturated rings. The first-order valence-electron chi connectivity index (χ1n) is 9.09. The lowest BCUT2D eigenvalue weighted by Gasteiger charge is -2.16. The number of nitrogens with one attached hydrogen (secondary N) is 2. The van der Waals surface area contributed by atoms with Gasteiger partial charge in [-0.3, -0.25) is 9.59 Å². The maximum absolute atomic E-state index is 13.5. The molecule has 0 bridgehead atoms. The molecule has 1 atom stereocenters. The quantitative estimate of drug-likeness (QED) is 0.681. The third-order valence-electron chi connectivity index (χ3n) is 5.08. The van der Waals surface area contributed by atoms with Gasteiger partial charge in [-0.2, -0.15) is 0 Å². The molecule has 4 rings (SSSR count). The summed E-state index contributed by atoms with van der Waals surface area (Å²) in [4.78, 5) is 29.6. The average Bonchev–Trinajstić information content (AvgIpc) is 3.25. The standard InChI is InChI=1S/C21H19ClFN3O2/c22-15-1-4-17(5-2-15)25-21(28)14-9-20(27)26(12-14)8-7-13-11-24-19-6-3-16(23)10-18(13)19/h1-6,10-11,14,24H,7-9,12H2,(H,25,28)/t14-/m0/s1. The van der Waals surface area contributed by atoms with Crippen molar-refractivity contribution in [2.75, 3.05) is 18.4 Å². The van der Waals surface area contributed by atoms with Crippen molar-refractivity contribution in [3.8, 4) is 0 Å². The monoisotopic (exact) mass is 399 g/mol. The molecule has 7 heteroatoms. The number of carbonyl (C=O) groups is 2. The van der Waals surface area contributed by atoms with E-state index in [9.17, 15) is 14.0 Å². The Hall–Kier alpha value is -2.86. The molecule has 0 unspecified atom stereocenters. The van der Waals surface area contributed by atoms with E-state index in [0.717, 1.165) is 16.5 Å². The zero-order chi connectivity index (χ0) is 19.7. The Balaban J connectivity index is 1.37. The van der Waals surface area contributed by atoms with Crippen molar-refractivity contribution in [1.29, 1.82) is 0 Å². The third-order valence-corrected chi connectivity index (χ3v) is 5.33. The van der Waals surface area contributed by atoms with E-state index in [1.54, 1.807) is 35.2 Å². The zero-order valence-corrected chi connectivity index (χ0v) is 15.8. The molecule has 1 aliphatic heterocycles. The van der Waals surface area contributed by atoms with E-state index in [1.165, 1.54) is 12.1 Å². The van der Waals surface area contributed by atoms with Crippen LogP contribution in [0, 0.1) is 11.7 Å². The van der Waals surface area contributed by atoms with E-state index < -0.39 is 0 Å². The number of carbonyl (C=O) groups excluding carboxylic acids is 2. The van der Waals surface area contributed by atoms with Gasteiger partial charge in [0, 0.05) is 47.3 Å². The van der Waals surface area contributed by atoms with Gasteiger partial charge in [0.05, 0.1) is 5.92 Å². The van der Waals surface area contributed by atoms with Crippen LogP contribution in [0.2, 0.25) is 5.02 Å². The van der Waals surface area contributed by atoms with Gasteiger partial charge < -0.3 is 15.2 Å². The van der Waals surface area contributed by atoms with Crippen molar-refractivity contribution < 1.29 is 14.0 Å². The number of aromatic nitrogens is 1. The molecule has 0 radical (unpaired) electrons. The molecule has 0 saturated carbocycles. The Kier molecular flexibility index (Phi) is 5.05. The fraction of sp³-hybridized carbons (Fsp3) is 0.238. The van der Waals surface area contributed by atoms with Crippen molar-refractivity contribution in [3.05, 3.63) is 65.1 Å². The first-order valence-corrected chi connectivity index (χ1v) is 9.47. The van der Waals surface area contributed by atoms with Crippen LogP contribution in [-0.4, -0.2) is 34.8 Å². The number of hydrogen-bond acceptors (Lipinski definition) is 2. The second-order valence-electron chi connectivity index (χ2n) is 6.99. The highest BCUT2D eigenvalue weighted by Gasteiger charge is 2.34. The Labute approximate surface area is 166 Å². The smallest absolute Gasteiger partial charge is 0.229 e. The number of anilines is 1. The molecule has 144 valence electrons. The highest BCUT2D eigenvalue weighted by atomic mass is 35.5. The predicted octanol–water partition coefficient (Wildman–Crippen LogP) is 3.99. The van der Waals surface area contributed by atoms with Gasteiger partial charge in [-0.25, -0.2) is 4.39 Å². The summed E-state index contributed by atoms with van der Waals surface area (Å²) in [7, 11) is 0. The minimum absolute atomic E-state index is 0.0396. The van der Waals surface area contributed by atoms with Crippen molar-refractivity contribution in [1.82, 2.24) is 9.88 Å². The molecule has 2 amide bonds. The topological polar surface area (TPSA) is 65.2 Å². The Morgan fingerprint density at radius 2 is 2.04 bits per heavy atom. The average molecular weight is 400 g/mol. The van der Waals surface area contributed by atoms with Gasteiger partial charge in [0.1, 0.15) is 5.82 Å². The molecular weight excluding hydrogens is 381 g/mol. The van der Waals surface area contributed by atoms with Crippen LogP contribution in [-0.2, 0) is 16.0 Å². The maximum atomic E-state index is 13.5. The van der Waals surface area contributed by atoms with Gasteiger partial charge in [-0.05, 0) is 54.4 Å². The number of hydrogen-bond donors (Lipinski definition) is 2. The van der Waals surface area contributed by atoms with Crippen LogP contribution in [0.5, 0.6) is 0 Å². The number of aromatic amines is 1. The largest absolute Gasteiger partial charge is 0.361 e. The molecule has 1 aromatic heterocycles. The molecule has 0 aliphatic carbocycles. The SMILES string of the molecule is O=C(Nc1ccc(Cl)cc1)[C@H]1CC(=O)N(CCc2c[nH]c3ccc(F)cc23)C1. The van der Waals surface area contributed by atoms with Crippen LogP contribution in [0.1, 0.15) is 12.0 Å². The summed E-state index contributed by atoms with van der Waals surface area (Å²) < 4.78 is 13.5. The number of fused-ring (bicyclic) bond motifs is 1. The molecule has 2 aromatic carbocycles.